The first-order valence-corrected chi connectivity index (χ1v) is 6.13. The van der Waals surface area contributed by atoms with Crippen LogP contribution in [0.3, 0.4) is 0 Å². The van der Waals surface area contributed by atoms with Gasteiger partial charge in [-0.05, 0) is 29.5 Å². The molecular weight excluding hydrogens is 204 g/mol. The summed E-state index contributed by atoms with van der Waals surface area (Å²) < 4.78 is 0. The predicted molar refractivity (Wildman–Crippen MR) is 72.8 cm³/mol. The fraction of sp³-hybridized carbons (Fsp3) is 0.176. The summed E-state index contributed by atoms with van der Waals surface area (Å²) in [4.78, 5) is 0. The molecule has 2 aromatic carbocycles. The second kappa shape index (κ2) is 3.89. The third-order valence-corrected chi connectivity index (χ3v) is 3.78. The van der Waals surface area contributed by atoms with E-state index in [1.807, 2.05) is 0 Å². The Kier molecular flexibility index (Phi) is 2.36. The van der Waals surface area contributed by atoms with Crippen LogP contribution < -0.4 is 0 Å². The lowest BCUT2D eigenvalue weighted by Crippen LogP contribution is -2.08. The first kappa shape index (κ1) is 10.3. The Balaban J connectivity index is 1.98. The molecule has 2 aromatic rings. The van der Waals surface area contributed by atoms with Crippen LogP contribution in [-0.4, -0.2) is 0 Å². The molecule has 0 aromatic heterocycles. The Morgan fingerprint density at radius 3 is 1.88 bits per heavy atom. The highest BCUT2D eigenvalue weighted by Gasteiger charge is 2.46. The van der Waals surface area contributed by atoms with Crippen molar-refractivity contribution in [2.24, 2.45) is 0 Å². The molecule has 0 heterocycles. The molecule has 0 heteroatoms. The van der Waals surface area contributed by atoms with Crippen molar-refractivity contribution < 1.29 is 0 Å². The maximum absolute atomic E-state index is 4.34. The van der Waals surface area contributed by atoms with Gasteiger partial charge in [0, 0.05) is 5.41 Å². The molecule has 0 spiro atoms. The summed E-state index contributed by atoms with van der Waals surface area (Å²) >= 11 is 0. The fourth-order valence-electron chi connectivity index (χ4n) is 2.56. The molecule has 1 aliphatic carbocycles. The highest BCUT2D eigenvalue weighted by atomic mass is 14.5. The van der Waals surface area contributed by atoms with Crippen LogP contribution in [0.15, 0.2) is 67.2 Å². The van der Waals surface area contributed by atoms with E-state index in [-0.39, 0.29) is 5.41 Å². The molecule has 0 unspecified atom stereocenters. The highest BCUT2D eigenvalue weighted by Crippen LogP contribution is 2.56. The van der Waals surface area contributed by atoms with Gasteiger partial charge in [0.15, 0.2) is 0 Å². The summed E-state index contributed by atoms with van der Waals surface area (Å²) in [6.45, 7) is 4.34. The van der Waals surface area contributed by atoms with Crippen molar-refractivity contribution in [1.82, 2.24) is 0 Å². The van der Waals surface area contributed by atoms with E-state index < -0.39 is 0 Å². The SMILES string of the molecule is C=C(c1ccccc1)C1(c2ccccc2)CC1. The summed E-state index contributed by atoms with van der Waals surface area (Å²) in [5, 5.41) is 0. The van der Waals surface area contributed by atoms with Crippen LogP contribution in [0.5, 0.6) is 0 Å². The smallest absolute Gasteiger partial charge is 0.0203 e. The van der Waals surface area contributed by atoms with Gasteiger partial charge < -0.3 is 0 Å². The second-order valence-corrected chi connectivity index (χ2v) is 4.79. The quantitative estimate of drug-likeness (QED) is 0.717. The van der Waals surface area contributed by atoms with Crippen LogP contribution in [-0.2, 0) is 5.41 Å². The average Bonchev–Trinajstić information content (AvgIpc) is 3.21. The largest absolute Gasteiger partial charge is 0.0943 e. The van der Waals surface area contributed by atoms with Crippen LogP contribution in [0.1, 0.15) is 24.0 Å². The average molecular weight is 220 g/mol. The van der Waals surface area contributed by atoms with Crippen molar-refractivity contribution in [3.63, 3.8) is 0 Å². The number of hydrogen-bond acceptors (Lipinski definition) is 0. The first-order valence-electron chi connectivity index (χ1n) is 6.13. The number of hydrogen-bond donors (Lipinski definition) is 0. The number of rotatable bonds is 3. The van der Waals surface area contributed by atoms with Crippen LogP contribution >= 0.6 is 0 Å². The number of benzene rings is 2. The van der Waals surface area contributed by atoms with E-state index in [1.165, 1.54) is 29.5 Å². The lowest BCUT2D eigenvalue weighted by molar-refractivity contribution is 0.918. The zero-order chi connectivity index (χ0) is 11.7. The van der Waals surface area contributed by atoms with Crippen molar-refractivity contribution in [3.8, 4) is 0 Å². The van der Waals surface area contributed by atoms with E-state index in [2.05, 4.69) is 67.2 Å². The predicted octanol–water partition coefficient (Wildman–Crippen LogP) is 4.43. The molecular formula is C17H16. The Labute approximate surface area is 103 Å². The molecule has 17 heavy (non-hydrogen) atoms. The lowest BCUT2D eigenvalue weighted by Gasteiger charge is -2.19. The summed E-state index contributed by atoms with van der Waals surface area (Å²) in [5.41, 5.74) is 4.16. The van der Waals surface area contributed by atoms with Crippen LogP contribution in [0.2, 0.25) is 0 Å². The minimum absolute atomic E-state index is 0.211. The van der Waals surface area contributed by atoms with Crippen LogP contribution in [0.25, 0.3) is 5.57 Å². The van der Waals surface area contributed by atoms with Gasteiger partial charge >= 0.3 is 0 Å². The van der Waals surface area contributed by atoms with Gasteiger partial charge in [-0.2, -0.15) is 0 Å². The van der Waals surface area contributed by atoms with Gasteiger partial charge in [-0.3, -0.25) is 0 Å². The molecule has 0 nitrogen and oxygen atoms in total. The molecule has 3 rings (SSSR count). The van der Waals surface area contributed by atoms with E-state index in [4.69, 9.17) is 0 Å². The highest BCUT2D eigenvalue weighted by molar-refractivity contribution is 5.76. The van der Waals surface area contributed by atoms with Gasteiger partial charge in [-0.15, -0.1) is 0 Å². The Hall–Kier alpha value is -1.82. The van der Waals surface area contributed by atoms with E-state index in [9.17, 15) is 0 Å². The van der Waals surface area contributed by atoms with E-state index in [0.717, 1.165) is 0 Å². The molecule has 0 bridgehead atoms. The van der Waals surface area contributed by atoms with Gasteiger partial charge in [-0.25, -0.2) is 0 Å². The van der Waals surface area contributed by atoms with E-state index >= 15 is 0 Å². The van der Waals surface area contributed by atoms with Gasteiger partial charge in [-0.1, -0.05) is 67.2 Å². The lowest BCUT2D eigenvalue weighted by atomic mass is 9.85. The topological polar surface area (TPSA) is 0 Å². The maximum atomic E-state index is 4.34. The Bertz CT molecular complexity index is 518. The molecule has 0 aliphatic heterocycles. The van der Waals surface area contributed by atoms with Crippen LogP contribution in [0, 0.1) is 0 Å². The third-order valence-electron chi connectivity index (χ3n) is 3.78. The minimum atomic E-state index is 0.211. The van der Waals surface area contributed by atoms with Crippen LogP contribution in [0.4, 0.5) is 0 Å². The molecule has 0 atom stereocenters. The molecule has 1 aliphatic rings. The molecule has 0 radical (unpaired) electrons. The van der Waals surface area contributed by atoms with Crippen molar-refractivity contribution in [2.45, 2.75) is 18.3 Å². The maximum Gasteiger partial charge on any atom is 0.0203 e. The molecule has 0 saturated heterocycles. The summed E-state index contributed by atoms with van der Waals surface area (Å²) in [7, 11) is 0. The Morgan fingerprint density at radius 2 is 1.35 bits per heavy atom. The molecule has 0 amide bonds. The molecule has 1 fully saturated rings. The van der Waals surface area contributed by atoms with Gasteiger partial charge in [0.1, 0.15) is 0 Å². The molecule has 84 valence electrons. The second-order valence-electron chi connectivity index (χ2n) is 4.79. The normalized spacial score (nSPS) is 16.5. The van der Waals surface area contributed by atoms with Crippen molar-refractivity contribution in [2.75, 3.05) is 0 Å². The summed E-state index contributed by atoms with van der Waals surface area (Å²) in [6, 6.07) is 21.3. The van der Waals surface area contributed by atoms with Crippen molar-refractivity contribution in [1.29, 1.82) is 0 Å². The van der Waals surface area contributed by atoms with Gasteiger partial charge in [0.25, 0.3) is 0 Å². The van der Waals surface area contributed by atoms with E-state index in [0.29, 0.717) is 0 Å². The van der Waals surface area contributed by atoms with Crippen molar-refractivity contribution >= 4 is 5.57 Å². The zero-order valence-electron chi connectivity index (χ0n) is 9.89. The fourth-order valence-corrected chi connectivity index (χ4v) is 2.56. The summed E-state index contributed by atoms with van der Waals surface area (Å²) in [6.07, 6.45) is 2.45. The summed E-state index contributed by atoms with van der Waals surface area (Å²) in [5.74, 6) is 0. The first-order chi connectivity index (χ1) is 8.33. The van der Waals surface area contributed by atoms with E-state index in [1.54, 1.807) is 0 Å². The Morgan fingerprint density at radius 1 is 0.824 bits per heavy atom. The monoisotopic (exact) mass is 220 g/mol. The molecule has 0 N–H and O–H groups in total. The minimum Gasteiger partial charge on any atom is -0.0943 e. The van der Waals surface area contributed by atoms with Gasteiger partial charge in [0.05, 0.1) is 0 Å². The number of allylic oxidation sites excluding steroid dienone is 1. The zero-order valence-corrected chi connectivity index (χ0v) is 9.89. The third kappa shape index (κ3) is 1.70. The van der Waals surface area contributed by atoms with Gasteiger partial charge in [0.2, 0.25) is 0 Å². The molecule has 1 saturated carbocycles. The standard InChI is InChI=1S/C17H16/c1-14(15-8-4-2-5-9-15)17(12-13-17)16-10-6-3-7-11-16/h2-11H,1,12-13H2. The van der Waals surface area contributed by atoms with Crippen molar-refractivity contribution in [3.05, 3.63) is 78.4 Å².